The highest BCUT2D eigenvalue weighted by atomic mass is 79.9. The molecule has 1 amide bonds. The summed E-state index contributed by atoms with van der Waals surface area (Å²) >= 11 is 3.46. The molecular weight excluding hydrogens is 552 g/mol. The van der Waals surface area contributed by atoms with Crippen LogP contribution in [0.1, 0.15) is 54.4 Å². The fourth-order valence-electron chi connectivity index (χ4n) is 5.15. The Bertz CT molecular complexity index is 1370. The van der Waals surface area contributed by atoms with E-state index in [1.807, 2.05) is 32.0 Å². The van der Waals surface area contributed by atoms with Gasteiger partial charge in [-0.1, -0.05) is 28.9 Å². The zero-order valence-electron chi connectivity index (χ0n) is 21.8. The maximum Gasteiger partial charge on any atom is 0.290 e. The summed E-state index contributed by atoms with van der Waals surface area (Å²) in [4.78, 5) is 31.7. The normalized spacial score (nSPS) is 17.7. The van der Waals surface area contributed by atoms with E-state index < -0.39 is 6.04 Å². The first kappa shape index (κ1) is 26.7. The second-order valence-electron chi connectivity index (χ2n) is 9.51. The first-order valence-corrected chi connectivity index (χ1v) is 14.1. The lowest BCUT2D eigenvalue weighted by molar-refractivity contribution is 0.0353. The summed E-state index contributed by atoms with van der Waals surface area (Å²) in [5.74, 6) is 1.10. The van der Waals surface area contributed by atoms with Crippen molar-refractivity contribution in [3.05, 3.63) is 68.0 Å². The van der Waals surface area contributed by atoms with Crippen molar-refractivity contribution < 1.29 is 23.4 Å². The lowest BCUT2D eigenvalue weighted by atomic mass is 9.98. The molecule has 5 rings (SSSR count). The van der Waals surface area contributed by atoms with Gasteiger partial charge in [-0.2, -0.15) is 0 Å². The molecule has 8 nitrogen and oxygen atoms in total. The van der Waals surface area contributed by atoms with E-state index in [9.17, 15) is 9.59 Å². The third-order valence-electron chi connectivity index (χ3n) is 6.95. The average Bonchev–Trinajstić information content (AvgIpc) is 3.20. The van der Waals surface area contributed by atoms with Crippen LogP contribution in [0, 0.1) is 0 Å². The van der Waals surface area contributed by atoms with Gasteiger partial charge in [0.15, 0.2) is 16.9 Å². The van der Waals surface area contributed by atoms with Crippen LogP contribution in [0.15, 0.2) is 50.1 Å². The Morgan fingerprint density at radius 3 is 2.58 bits per heavy atom. The third kappa shape index (κ3) is 5.32. The Balaban J connectivity index is 1.55. The van der Waals surface area contributed by atoms with Crippen molar-refractivity contribution in [2.24, 2.45) is 0 Å². The molecule has 1 aromatic heterocycles. The van der Waals surface area contributed by atoms with Crippen LogP contribution in [-0.2, 0) is 4.74 Å². The monoisotopic (exact) mass is 584 g/mol. The Hall–Kier alpha value is -2.88. The number of hydrogen-bond donors (Lipinski definition) is 0. The van der Waals surface area contributed by atoms with Gasteiger partial charge in [0, 0.05) is 30.7 Å². The smallest absolute Gasteiger partial charge is 0.290 e. The second kappa shape index (κ2) is 11.9. The molecule has 1 saturated heterocycles. The summed E-state index contributed by atoms with van der Waals surface area (Å²) in [6, 6.07) is 10.4. The Kier molecular flexibility index (Phi) is 8.35. The minimum atomic E-state index is -0.582. The maximum absolute atomic E-state index is 13.8. The van der Waals surface area contributed by atoms with E-state index in [0.717, 1.165) is 55.7 Å². The molecule has 2 aliphatic heterocycles. The Morgan fingerprint density at radius 2 is 1.82 bits per heavy atom. The first-order chi connectivity index (χ1) is 18.5. The van der Waals surface area contributed by atoms with Crippen molar-refractivity contribution in [2.75, 3.05) is 52.6 Å². The molecule has 202 valence electrons. The van der Waals surface area contributed by atoms with Crippen molar-refractivity contribution in [1.82, 2.24) is 9.80 Å². The Labute approximate surface area is 230 Å². The molecule has 0 aliphatic carbocycles. The number of fused-ring (bicyclic) bond motifs is 2. The summed E-state index contributed by atoms with van der Waals surface area (Å²) in [5, 5.41) is 0.444. The molecule has 2 aliphatic rings. The van der Waals surface area contributed by atoms with Gasteiger partial charge in [-0.15, -0.1) is 0 Å². The van der Waals surface area contributed by atoms with Crippen molar-refractivity contribution in [3.63, 3.8) is 0 Å². The van der Waals surface area contributed by atoms with E-state index in [4.69, 9.17) is 18.6 Å². The summed E-state index contributed by atoms with van der Waals surface area (Å²) in [6.07, 6.45) is 1.64. The van der Waals surface area contributed by atoms with Gasteiger partial charge in [0.05, 0.1) is 43.4 Å². The van der Waals surface area contributed by atoms with Crippen molar-refractivity contribution in [2.45, 2.75) is 32.7 Å². The molecule has 3 heterocycles. The highest BCUT2D eigenvalue weighted by molar-refractivity contribution is 9.10. The van der Waals surface area contributed by atoms with Gasteiger partial charge in [0.1, 0.15) is 5.58 Å². The third-order valence-corrected chi connectivity index (χ3v) is 7.44. The van der Waals surface area contributed by atoms with E-state index in [0.29, 0.717) is 47.8 Å². The summed E-state index contributed by atoms with van der Waals surface area (Å²) in [7, 11) is 0. The zero-order valence-corrected chi connectivity index (χ0v) is 23.4. The standard InChI is InChI=1S/C29H33BrN2O6/c1-3-14-37-23-8-6-19(17-24(23)36-4-2)26-25-27(33)21-18-20(30)7-9-22(21)38-28(25)29(34)32(26)11-5-10-31-12-15-35-16-13-31/h6-9,17-18,26H,3-5,10-16H2,1-2H3. The fraction of sp³-hybridized carbons (Fsp3) is 0.448. The van der Waals surface area contributed by atoms with Gasteiger partial charge in [0.2, 0.25) is 5.76 Å². The van der Waals surface area contributed by atoms with E-state index in [1.54, 1.807) is 23.1 Å². The van der Waals surface area contributed by atoms with Crippen LogP contribution in [0.25, 0.3) is 11.0 Å². The molecule has 0 saturated carbocycles. The SMILES string of the molecule is CCCOc1ccc(C2c3c(oc4ccc(Br)cc4c3=O)C(=O)N2CCCN2CCOCC2)cc1OCC. The minimum Gasteiger partial charge on any atom is -0.490 e. The van der Waals surface area contributed by atoms with Gasteiger partial charge in [-0.05, 0) is 55.7 Å². The Morgan fingerprint density at radius 1 is 1.00 bits per heavy atom. The largest absolute Gasteiger partial charge is 0.490 e. The summed E-state index contributed by atoms with van der Waals surface area (Å²) in [5.41, 5.74) is 1.37. The maximum atomic E-state index is 13.8. The molecule has 1 fully saturated rings. The number of benzene rings is 2. The second-order valence-corrected chi connectivity index (χ2v) is 10.4. The van der Waals surface area contributed by atoms with Crippen molar-refractivity contribution in [1.29, 1.82) is 0 Å². The zero-order chi connectivity index (χ0) is 26.6. The molecule has 0 bridgehead atoms. The van der Waals surface area contributed by atoms with Crippen LogP contribution >= 0.6 is 15.9 Å². The van der Waals surface area contributed by atoms with Gasteiger partial charge in [0.25, 0.3) is 5.91 Å². The molecule has 0 radical (unpaired) electrons. The number of morpholine rings is 1. The molecule has 2 aromatic carbocycles. The van der Waals surface area contributed by atoms with Gasteiger partial charge in [-0.3, -0.25) is 14.5 Å². The number of nitrogens with zero attached hydrogens (tertiary/aromatic N) is 2. The van der Waals surface area contributed by atoms with Crippen molar-refractivity contribution in [3.8, 4) is 11.5 Å². The van der Waals surface area contributed by atoms with Gasteiger partial charge in [-0.25, -0.2) is 0 Å². The first-order valence-electron chi connectivity index (χ1n) is 13.3. The summed E-state index contributed by atoms with van der Waals surface area (Å²) in [6.45, 7) is 9.56. The number of hydrogen-bond acceptors (Lipinski definition) is 7. The van der Waals surface area contributed by atoms with E-state index in [1.165, 1.54) is 0 Å². The topological polar surface area (TPSA) is 81.5 Å². The van der Waals surface area contributed by atoms with Crippen LogP contribution in [0.4, 0.5) is 0 Å². The average molecular weight is 585 g/mol. The van der Waals surface area contributed by atoms with Crippen LogP contribution in [0.5, 0.6) is 11.5 Å². The van der Waals surface area contributed by atoms with Crippen LogP contribution in [0.3, 0.4) is 0 Å². The molecule has 1 unspecified atom stereocenters. The highest BCUT2D eigenvalue weighted by Crippen LogP contribution is 2.41. The number of ether oxygens (including phenoxy) is 3. The number of carbonyl (C=O) groups is 1. The lowest BCUT2D eigenvalue weighted by Gasteiger charge is -2.29. The minimum absolute atomic E-state index is 0.116. The number of halogens is 1. The molecule has 0 N–H and O–H groups in total. The quantitative estimate of drug-likeness (QED) is 0.331. The molecule has 1 atom stereocenters. The van der Waals surface area contributed by atoms with E-state index >= 15 is 0 Å². The predicted molar refractivity (Wildman–Crippen MR) is 148 cm³/mol. The molecule has 0 spiro atoms. The van der Waals surface area contributed by atoms with Crippen LogP contribution in [-0.4, -0.2) is 68.3 Å². The fourth-order valence-corrected chi connectivity index (χ4v) is 5.51. The lowest BCUT2D eigenvalue weighted by Crippen LogP contribution is -2.38. The number of rotatable bonds is 10. The van der Waals surface area contributed by atoms with Crippen molar-refractivity contribution >= 4 is 32.8 Å². The van der Waals surface area contributed by atoms with Gasteiger partial charge < -0.3 is 23.5 Å². The molecular formula is C29H33BrN2O6. The predicted octanol–water partition coefficient (Wildman–Crippen LogP) is 5.01. The van der Waals surface area contributed by atoms with E-state index in [-0.39, 0.29) is 17.1 Å². The number of amides is 1. The molecule has 3 aromatic rings. The number of carbonyl (C=O) groups excluding carboxylic acids is 1. The summed E-state index contributed by atoms with van der Waals surface area (Å²) < 4.78 is 24.1. The van der Waals surface area contributed by atoms with E-state index in [2.05, 4.69) is 20.8 Å². The molecule has 9 heteroatoms. The molecule has 38 heavy (non-hydrogen) atoms. The van der Waals surface area contributed by atoms with Crippen LogP contribution < -0.4 is 14.9 Å². The highest BCUT2D eigenvalue weighted by Gasteiger charge is 2.42. The van der Waals surface area contributed by atoms with Gasteiger partial charge >= 0.3 is 0 Å². The van der Waals surface area contributed by atoms with Crippen LogP contribution in [0.2, 0.25) is 0 Å².